The van der Waals surface area contributed by atoms with Crippen LogP contribution in [0, 0.1) is 11.8 Å². The van der Waals surface area contributed by atoms with E-state index in [4.69, 9.17) is 23.2 Å². The lowest BCUT2D eigenvalue weighted by Gasteiger charge is -2.32. The Morgan fingerprint density at radius 3 is 2.95 bits per heavy atom. The van der Waals surface area contributed by atoms with Crippen LogP contribution < -0.4 is 0 Å². The van der Waals surface area contributed by atoms with E-state index in [1.807, 2.05) is 12.1 Å². The fraction of sp³-hybridized carbons (Fsp3) is 0.400. The smallest absolute Gasteiger partial charge is 0.298 e. The average molecular weight is 296 g/mol. The van der Waals surface area contributed by atoms with E-state index in [-0.39, 0.29) is 11.8 Å². The number of benzene rings is 1. The molecule has 1 fully saturated rings. The maximum atomic E-state index is 11.8. The molecule has 0 spiro atoms. The van der Waals surface area contributed by atoms with Crippen LogP contribution in [0.2, 0.25) is 10.0 Å². The van der Waals surface area contributed by atoms with Crippen LogP contribution in [-0.4, -0.2) is 23.9 Å². The summed E-state index contributed by atoms with van der Waals surface area (Å²) >= 11 is 12.3. The molecule has 4 heteroatoms. The van der Waals surface area contributed by atoms with Gasteiger partial charge in [0, 0.05) is 19.0 Å². The van der Waals surface area contributed by atoms with Crippen LogP contribution in [-0.2, 0) is 4.79 Å². The topological polar surface area (TPSA) is 20.3 Å². The lowest BCUT2D eigenvalue weighted by molar-refractivity contribution is -0.126. The predicted molar refractivity (Wildman–Crippen MR) is 78.5 cm³/mol. The van der Waals surface area contributed by atoms with E-state index in [1.54, 1.807) is 17.9 Å². The van der Waals surface area contributed by atoms with Crippen molar-refractivity contribution in [2.45, 2.75) is 25.7 Å². The number of halogens is 2. The van der Waals surface area contributed by atoms with Crippen LogP contribution in [0.4, 0.5) is 0 Å². The minimum atomic E-state index is -0.106. The van der Waals surface area contributed by atoms with E-state index < -0.39 is 0 Å². The zero-order chi connectivity index (χ0) is 13.8. The van der Waals surface area contributed by atoms with Gasteiger partial charge in [0.15, 0.2) is 0 Å². The standard InChI is InChI=1S/C15H15Cl2NO/c1-2-5-14(19)18-9-4-6-11(10-18)12-7-3-8-13(16)15(12)17/h3,7-8,11H,4,6,9-10H2,1H3. The molecule has 1 aromatic rings. The first-order valence-corrected chi connectivity index (χ1v) is 7.04. The third kappa shape index (κ3) is 3.23. The minimum Gasteiger partial charge on any atom is -0.331 e. The maximum Gasteiger partial charge on any atom is 0.298 e. The molecular weight excluding hydrogens is 281 g/mol. The first-order chi connectivity index (χ1) is 9.13. The normalized spacial score (nSPS) is 18.7. The van der Waals surface area contributed by atoms with Gasteiger partial charge >= 0.3 is 0 Å². The van der Waals surface area contributed by atoms with Gasteiger partial charge in [0.1, 0.15) is 0 Å². The molecule has 1 unspecified atom stereocenters. The second kappa shape index (κ2) is 6.32. The lowest BCUT2D eigenvalue weighted by Crippen LogP contribution is -2.38. The van der Waals surface area contributed by atoms with Gasteiger partial charge in [-0.1, -0.05) is 41.3 Å². The molecule has 1 aliphatic heterocycles. The molecule has 100 valence electrons. The first kappa shape index (κ1) is 14.2. The minimum absolute atomic E-state index is 0.106. The van der Waals surface area contributed by atoms with Crippen LogP contribution in [0.1, 0.15) is 31.2 Å². The van der Waals surface area contributed by atoms with Gasteiger partial charge in [0.2, 0.25) is 0 Å². The van der Waals surface area contributed by atoms with E-state index in [9.17, 15) is 4.79 Å². The summed E-state index contributed by atoms with van der Waals surface area (Å²) in [6.07, 6.45) is 1.98. The van der Waals surface area contributed by atoms with Crippen molar-refractivity contribution in [3.05, 3.63) is 33.8 Å². The summed E-state index contributed by atoms with van der Waals surface area (Å²) < 4.78 is 0. The largest absolute Gasteiger partial charge is 0.331 e. The quantitative estimate of drug-likeness (QED) is 0.723. The summed E-state index contributed by atoms with van der Waals surface area (Å²) in [5.41, 5.74) is 1.02. The Kier molecular flexibility index (Phi) is 4.74. The Morgan fingerprint density at radius 1 is 1.42 bits per heavy atom. The summed E-state index contributed by atoms with van der Waals surface area (Å²) in [6.45, 7) is 3.10. The molecule has 2 nitrogen and oxygen atoms in total. The van der Waals surface area contributed by atoms with Gasteiger partial charge in [-0.15, -0.1) is 0 Å². The van der Waals surface area contributed by atoms with Gasteiger partial charge in [-0.2, -0.15) is 0 Å². The molecule has 0 aromatic heterocycles. The fourth-order valence-electron chi connectivity index (χ4n) is 2.44. The van der Waals surface area contributed by atoms with Crippen LogP contribution in [0.15, 0.2) is 18.2 Å². The lowest BCUT2D eigenvalue weighted by atomic mass is 9.90. The van der Waals surface area contributed by atoms with Gasteiger partial charge in [-0.3, -0.25) is 4.79 Å². The van der Waals surface area contributed by atoms with E-state index in [0.29, 0.717) is 16.6 Å². The Hall–Kier alpha value is -1.17. The number of piperidine rings is 1. The third-order valence-corrected chi connectivity index (χ3v) is 4.20. The number of carbonyl (C=O) groups excluding carboxylic acids is 1. The highest BCUT2D eigenvalue weighted by atomic mass is 35.5. The monoisotopic (exact) mass is 295 g/mol. The van der Waals surface area contributed by atoms with Gasteiger partial charge in [0.25, 0.3) is 5.91 Å². The molecule has 2 rings (SSSR count). The Morgan fingerprint density at radius 2 is 2.21 bits per heavy atom. The van der Waals surface area contributed by atoms with Crippen molar-refractivity contribution in [2.75, 3.05) is 13.1 Å². The molecule has 1 aliphatic rings. The summed E-state index contributed by atoms with van der Waals surface area (Å²) in [7, 11) is 0. The zero-order valence-electron chi connectivity index (χ0n) is 10.7. The molecule has 0 N–H and O–H groups in total. The molecule has 0 radical (unpaired) electrons. The zero-order valence-corrected chi connectivity index (χ0v) is 12.3. The average Bonchev–Trinajstić information content (AvgIpc) is 2.42. The highest BCUT2D eigenvalue weighted by Gasteiger charge is 2.25. The SMILES string of the molecule is CC#CC(=O)N1CCCC(c2cccc(Cl)c2Cl)C1. The Bertz CT molecular complexity index is 545. The molecule has 0 saturated carbocycles. The van der Waals surface area contributed by atoms with Crippen molar-refractivity contribution in [2.24, 2.45) is 0 Å². The summed E-state index contributed by atoms with van der Waals surface area (Å²) in [5.74, 6) is 5.37. The molecule has 1 amide bonds. The van der Waals surface area contributed by atoms with Crippen LogP contribution in [0.5, 0.6) is 0 Å². The van der Waals surface area contributed by atoms with Crippen molar-refractivity contribution in [1.82, 2.24) is 4.90 Å². The van der Waals surface area contributed by atoms with E-state index in [1.165, 1.54) is 0 Å². The molecule has 1 saturated heterocycles. The van der Waals surface area contributed by atoms with Crippen LogP contribution in [0.3, 0.4) is 0 Å². The Balaban J connectivity index is 2.19. The number of likely N-dealkylation sites (tertiary alicyclic amines) is 1. The maximum absolute atomic E-state index is 11.8. The number of hydrogen-bond donors (Lipinski definition) is 0. The highest BCUT2D eigenvalue weighted by Crippen LogP contribution is 2.35. The predicted octanol–water partition coefficient (Wildman–Crippen LogP) is 3.72. The summed E-state index contributed by atoms with van der Waals surface area (Å²) in [4.78, 5) is 13.6. The molecule has 0 bridgehead atoms. The van der Waals surface area contributed by atoms with Crippen LogP contribution >= 0.6 is 23.2 Å². The number of rotatable bonds is 1. The fourth-order valence-corrected chi connectivity index (χ4v) is 2.90. The number of nitrogens with zero attached hydrogens (tertiary/aromatic N) is 1. The molecule has 1 atom stereocenters. The van der Waals surface area contributed by atoms with Crippen molar-refractivity contribution in [1.29, 1.82) is 0 Å². The number of carbonyl (C=O) groups is 1. The van der Waals surface area contributed by atoms with Crippen molar-refractivity contribution in [3.63, 3.8) is 0 Å². The second-order valence-electron chi connectivity index (χ2n) is 4.61. The van der Waals surface area contributed by atoms with Crippen molar-refractivity contribution in [3.8, 4) is 11.8 Å². The Labute approximate surface area is 123 Å². The number of amides is 1. The molecule has 1 heterocycles. The molecule has 0 aliphatic carbocycles. The van der Waals surface area contributed by atoms with Gasteiger partial charge < -0.3 is 4.90 Å². The van der Waals surface area contributed by atoms with E-state index in [2.05, 4.69) is 11.8 Å². The van der Waals surface area contributed by atoms with E-state index >= 15 is 0 Å². The van der Waals surface area contributed by atoms with E-state index in [0.717, 1.165) is 24.9 Å². The van der Waals surface area contributed by atoms with Crippen LogP contribution in [0.25, 0.3) is 0 Å². The molecule has 1 aromatic carbocycles. The molecular formula is C15H15Cl2NO. The van der Waals surface area contributed by atoms with Gasteiger partial charge in [-0.05, 0) is 37.3 Å². The second-order valence-corrected chi connectivity index (χ2v) is 5.39. The molecule has 19 heavy (non-hydrogen) atoms. The summed E-state index contributed by atoms with van der Waals surface area (Å²) in [6, 6.07) is 5.66. The number of hydrogen-bond acceptors (Lipinski definition) is 1. The van der Waals surface area contributed by atoms with Crippen molar-refractivity contribution >= 4 is 29.1 Å². The van der Waals surface area contributed by atoms with Gasteiger partial charge in [0.05, 0.1) is 10.0 Å². The third-order valence-electron chi connectivity index (χ3n) is 3.36. The van der Waals surface area contributed by atoms with Crippen molar-refractivity contribution < 1.29 is 4.79 Å². The van der Waals surface area contributed by atoms with Gasteiger partial charge in [-0.25, -0.2) is 0 Å². The highest BCUT2D eigenvalue weighted by molar-refractivity contribution is 6.42. The first-order valence-electron chi connectivity index (χ1n) is 6.29. The summed E-state index contributed by atoms with van der Waals surface area (Å²) in [5, 5.41) is 1.17.